The van der Waals surface area contributed by atoms with Gasteiger partial charge in [0.2, 0.25) is 0 Å². The van der Waals surface area contributed by atoms with Crippen LogP contribution in [0.5, 0.6) is 0 Å². The van der Waals surface area contributed by atoms with Gasteiger partial charge in [-0.3, -0.25) is 0 Å². The molecule has 0 unspecified atom stereocenters. The lowest BCUT2D eigenvalue weighted by Crippen LogP contribution is -2.11. The maximum absolute atomic E-state index is 3.45. The van der Waals surface area contributed by atoms with Crippen LogP contribution < -0.4 is 5.32 Å². The lowest BCUT2D eigenvalue weighted by molar-refractivity contribution is 0.830. The number of fused-ring (bicyclic) bond motifs is 2. The fraction of sp³-hybridized carbons (Fsp3) is 0.333. The first-order valence-electron chi connectivity index (χ1n) is 5.16. The Hall–Kier alpha value is -1.44. The molecule has 2 aromatic rings. The van der Waals surface area contributed by atoms with Crippen LogP contribution in [0.3, 0.4) is 0 Å². The average molecular weight is 186 g/mol. The molecule has 2 heterocycles. The first-order valence-corrected chi connectivity index (χ1v) is 5.16. The van der Waals surface area contributed by atoms with Crippen molar-refractivity contribution in [2.75, 3.05) is 11.9 Å². The highest BCUT2D eigenvalue weighted by atomic mass is 14.9. The van der Waals surface area contributed by atoms with Gasteiger partial charge in [0, 0.05) is 36.4 Å². The smallest absolute Gasteiger partial charge is 0.0481 e. The molecule has 1 N–H and O–H groups in total. The molecule has 0 amide bonds. The van der Waals surface area contributed by atoms with Gasteiger partial charge < -0.3 is 9.88 Å². The van der Waals surface area contributed by atoms with Gasteiger partial charge >= 0.3 is 0 Å². The van der Waals surface area contributed by atoms with E-state index in [1.54, 1.807) is 0 Å². The first-order chi connectivity index (χ1) is 6.84. The summed E-state index contributed by atoms with van der Waals surface area (Å²) in [7, 11) is 2.10. The standard InChI is InChI=1S/C12H14N2/c1-14-6-4-10-7-11-9(8-12(10)14)3-2-5-13-11/h4,6-8,13H,2-3,5H2,1H3. The van der Waals surface area contributed by atoms with Crippen molar-refractivity contribution in [3.8, 4) is 0 Å². The first kappa shape index (κ1) is 7.92. The van der Waals surface area contributed by atoms with Gasteiger partial charge in [-0.05, 0) is 36.6 Å². The highest BCUT2D eigenvalue weighted by Gasteiger charge is 2.10. The van der Waals surface area contributed by atoms with E-state index in [4.69, 9.17) is 0 Å². The third-order valence-electron chi connectivity index (χ3n) is 3.05. The molecule has 0 fully saturated rings. The fourth-order valence-corrected chi connectivity index (χ4v) is 2.23. The molecule has 0 atom stereocenters. The van der Waals surface area contributed by atoms with Crippen molar-refractivity contribution in [1.82, 2.24) is 4.57 Å². The van der Waals surface area contributed by atoms with E-state index in [0.29, 0.717) is 0 Å². The van der Waals surface area contributed by atoms with Crippen molar-refractivity contribution in [3.63, 3.8) is 0 Å². The predicted octanol–water partition coefficient (Wildman–Crippen LogP) is 2.54. The van der Waals surface area contributed by atoms with Crippen LogP contribution in [0.4, 0.5) is 5.69 Å². The number of hydrogen-bond acceptors (Lipinski definition) is 1. The van der Waals surface area contributed by atoms with E-state index in [-0.39, 0.29) is 0 Å². The quantitative estimate of drug-likeness (QED) is 0.669. The Morgan fingerprint density at radius 1 is 1.36 bits per heavy atom. The number of rotatable bonds is 0. The second-order valence-corrected chi connectivity index (χ2v) is 4.03. The lowest BCUT2D eigenvalue weighted by atomic mass is 10.0. The molecule has 0 bridgehead atoms. The summed E-state index contributed by atoms with van der Waals surface area (Å²) in [5.41, 5.74) is 4.13. The highest BCUT2D eigenvalue weighted by molar-refractivity contribution is 5.85. The van der Waals surface area contributed by atoms with Crippen molar-refractivity contribution >= 4 is 16.6 Å². The van der Waals surface area contributed by atoms with Crippen LogP contribution in [-0.2, 0) is 13.5 Å². The summed E-state index contributed by atoms with van der Waals surface area (Å²) in [6, 6.07) is 6.76. The number of nitrogens with zero attached hydrogens (tertiary/aromatic N) is 1. The molecule has 72 valence electrons. The summed E-state index contributed by atoms with van der Waals surface area (Å²) in [6.45, 7) is 1.12. The number of anilines is 1. The van der Waals surface area contributed by atoms with E-state index < -0.39 is 0 Å². The van der Waals surface area contributed by atoms with Crippen molar-refractivity contribution in [2.24, 2.45) is 7.05 Å². The van der Waals surface area contributed by atoms with E-state index in [9.17, 15) is 0 Å². The SMILES string of the molecule is Cn1ccc2cc3c(cc21)CCCN3. The molecule has 0 radical (unpaired) electrons. The largest absolute Gasteiger partial charge is 0.385 e. The topological polar surface area (TPSA) is 17.0 Å². The molecule has 1 aliphatic heterocycles. The zero-order valence-corrected chi connectivity index (χ0v) is 8.38. The second-order valence-electron chi connectivity index (χ2n) is 4.03. The molecule has 2 nitrogen and oxygen atoms in total. The molecule has 0 spiro atoms. The van der Waals surface area contributed by atoms with Crippen LogP contribution >= 0.6 is 0 Å². The summed E-state index contributed by atoms with van der Waals surface area (Å²) in [5, 5.41) is 4.79. The Balaban J connectivity index is 2.29. The third-order valence-corrected chi connectivity index (χ3v) is 3.05. The molecule has 0 saturated carbocycles. The molecule has 2 heteroatoms. The zero-order chi connectivity index (χ0) is 9.54. The molecule has 14 heavy (non-hydrogen) atoms. The molecular weight excluding hydrogens is 172 g/mol. The van der Waals surface area contributed by atoms with Gasteiger partial charge in [-0.25, -0.2) is 0 Å². The molecule has 1 aromatic heterocycles. The van der Waals surface area contributed by atoms with Crippen molar-refractivity contribution in [1.29, 1.82) is 0 Å². The number of aromatic nitrogens is 1. The van der Waals surface area contributed by atoms with E-state index in [1.165, 1.54) is 35.0 Å². The minimum Gasteiger partial charge on any atom is -0.385 e. The number of benzene rings is 1. The van der Waals surface area contributed by atoms with Crippen LogP contribution in [0.15, 0.2) is 24.4 Å². The van der Waals surface area contributed by atoms with Gasteiger partial charge in [0.25, 0.3) is 0 Å². The summed E-state index contributed by atoms with van der Waals surface area (Å²) < 4.78 is 2.18. The van der Waals surface area contributed by atoms with Gasteiger partial charge in [0.05, 0.1) is 0 Å². The predicted molar refractivity (Wildman–Crippen MR) is 59.7 cm³/mol. The van der Waals surface area contributed by atoms with Gasteiger partial charge in [-0.1, -0.05) is 0 Å². The van der Waals surface area contributed by atoms with Gasteiger partial charge in [0.1, 0.15) is 0 Å². The van der Waals surface area contributed by atoms with Crippen LogP contribution in [0, 0.1) is 0 Å². The Labute approximate surface area is 83.5 Å². The number of aryl methyl sites for hydroxylation is 2. The molecule has 1 aliphatic rings. The summed E-state index contributed by atoms with van der Waals surface area (Å²) in [5.74, 6) is 0. The average Bonchev–Trinajstić information content (AvgIpc) is 2.57. The van der Waals surface area contributed by atoms with Crippen molar-refractivity contribution in [3.05, 3.63) is 30.0 Å². The second kappa shape index (κ2) is 2.77. The Morgan fingerprint density at radius 3 is 3.21 bits per heavy atom. The Bertz CT molecular complexity index is 482. The molecule has 3 rings (SSSR count). The maximum Gasteiger partial charge on any atom is 0.0481 e. The van der Waals surface area contributed by atoms with Crippen LogP contribution in [0.1, 0.15) is 12.0 Å². The zero-order valence-electron chi connectivity index (χ0n) is 8.38. The van der Waals surface area contributed by atoms with E-state index in [1.807, 2.05) is 0 Å². The monoisotopic (exact) mass is 186 g/mol. The van der Waals surface area contributed by atoms with Gasteiger partial charge in [0.15, 0.2) is 0 Å². The van der Waals surface area contributed by atoms with Crippen molar-refractivity contribution < 1.29 is 0 Å². The van der Waals surface area contributed by atoms with Crippen molar-refractivity contribution in [2.45, 2.75) is 12.8 Å². The normalized spacial score (nSPS) is 15.2. The number of hydrogen-bond donors (Lipinski definition) is 1. The van der Waals surface area contributed by atoms with E-state index >= 15 is 0 Å². The minimum atomic E-state index is 1.12. The van der Waals surface area contributed by atoms with Crippen LogP contribution in [0.25, 0.3) is 10.9 Å². The summed E-state index contributed by atoms with van der Waals surface area (Å²) >= 11 is 0. The molecule has 0 saturated heterocycles. The fourth-order valence-electron chi connectivity index (χ4n) is 2.23. The van der Waals surface area contributed by atoms with Gasteiger partial charge in [-0.15, -0.1) is 0 Å². The number of nitrogens with one attached hydrogen (secondary N) is 1. The van der Waals surface area contributed by atoms with E-state index in [0.717, 1.165) is 6.54 Å². The third kappa shape index (κ3) is 1.03. The highest BCUT2D eigenvalue weighted by Crippen LogP contribution is 2.27. The Kier molecular flexibility index (Phi) is 1.57. The summed E-state index contributed by atoms with van der Waals surface area (Å²) in [6.07, 6.45) is 4.59. The lowest BCUT2D eigenvalue weighted by Gasteiger charge is -2.18. The van der Waals surface area contributed by atoms with Crippen LogP contribution in [-0.4, -0.2) is 11.1 Å². The minimum absolute atomic E-state index is 1.12. The summed E-state index contributed by atoms with van der Waals surface area (Å²) in [4.78, 5) is 0. The maximum atomic E-state index is 3.45. The molecular formula is C12H14N2. The Morgan fingerprint density at radius 2 is 2.29 bits per heavy atom. The van der Waals surface area contributed by atoms with Gasteiger partial charge in [-0.2, -0.15) is 0 Å². The molecule has 0 aliphatic carbocycles. The molecule has 1 aromatic carbocycles. The van der Waals surface area contributed by atoms with E-state index in [2.05, 4.69) is 41.3 Å². The van der Waals surface area contributed by atoms with Crippen LogP contribution in [0.2, 0.25) is 0 Å².